The maximum absolute atomic E-state index is 13.1. The number of aryl methyl sites for hydroxylation is 1. The quantitative estimate of drug-likeness (QED) is 0.684. The van der Waals surface area contributed by atoms with Crippen molar-refractivity contribution in [2.45, 2.75) is 18.7 Å². The third-order valence-corrected chi connectivity index (χ3v) is 5.97. The van der Waals surface area contributed by atoms with Gasteiger partial charge in [0.25, 0.3) is 10.0 Å². The van der Waals surface area contributed by atoms with Gasteiger partial charge in [-0.1, -0.05) is 47.0 Å². The first-order valence-electron chi connectivity index (χ1n) is 7.46. The van der Waals surface area contributed by atoms with E-state index in [0.29, 0.717) is 0 Å². The third kappa shape index (κ3) is 4.45. The van der Waals surface area contributed by atoms with Crippen LogP contribution >= 0.6 is 23.2 Å². The molecular formula is C17H17Cl2NO4S. The molecule has 0 aliphatic rings. The Balaban J connectivity index is 2.56. The molecule has 0 aromatic heterocycles. The van der Waals surface area contributed by atoms with Crippen molar-refractivity contribution in [3.63, 3.8) is 0 Å². The molecule has 0 saturated heterocycles. The molecule has 2 aromatic carbocycles. The summed E-state index contributed by atoms with van der Waals surface area (Å²) in [5.74, 6) is -0.686. The lowest BCUT2D eigenvalue weighted by Crippen LogP contribution is -2.36. The number of nitrogens with zero attached hydrogens (tertiary/aromatic N) is 1. The molecule has 0 aliphatic carbocycles. The summed E-state index contributed by atoms with van der Waals surface area (Å²) in [5, 5.41) is 0.233. The second kappa shape index (κ2) is 8.08. The molecule has 8 heteroatoms. The molecule has 5 nitrogen and oxygen atoms in total. The lowest BCUT2D eigenvalue weighted by Gasteiger charge is -2.24. The summed E-state index contributed by atoms with van der Waals surface area (Å²) in [7, 11) is -4.03. The van der Waals surface area contributed by atoms with Gasteiger partial charge < -0.3 is 4.74 Å². The van der Waals surface area contributed by atoms with Gasteiger partial charge in [-0.05, 0) is 38.1 Å². The molecule has 0 heterocycles. The summed E-state index contributed by atoms with van der Waals surface area (Å²) in [6, 6.07) is 10.9. The standard InChI is InChI=1S/C17H17Cl2NO4S/c1-3-24-16(21)11-20(15-6-4-5-14(18)17(15)19)25(22,23)13-9-7-12(2)8-10-13/h4-10H,3,11H2,1-2H3. The normalized spacial score (nSPS) is 11.2. The van der Waals surface area contributed by atoms with Crippen LogP contribution in [0.3, 0.4) is 0 Å². The average Bonchev–Trinajstić information content (AvgIpc) is 2.56. The Kier molecular flexibility index (Phi) is 6.32. The van der Waals surface area contributed by atoms with Crippen molar-refractivity contribution in [2.75, 3.05) is 17.5 Å². The van der Waals surface area contributed by atoms with Crippen LogP contribution in [0.25, 0.3) is 0 Å². The number of sulfonamides is 1. The number of halogens is 2. The van der Waals surface area contributed by atoms with Gasteiger partial charge in [0.1, 0.15) is 6.54 Å². The monoisotopic (exact) mass is 401 g/mol. The van der Waals surface area contributed by atoms with Crippen molar-refractivity contribution < 1.29 is 17.9 Å². The maximum atomic E-state index is 13.1. The molecule has 0 radical (unpaired) electrons. The zero-order valence-electron chi connectivity index (χ0n) is 13.7. The number of esters is 1. The van der Waals surface area contributed by atoms with Crippen molar-refractivity contribution in [3.8, 4) is 0 Å². The van der Waals surface area contributed by atoms with E-state index in [1.807, 2.05) is 6.92 Å². The van der Waals surface area contributed by atoms with E-state index in [4.69, 9.17) is 27.9 Å². The van der Waals surface area contributed by atoms with Crippen LogP contribution in [-0.4, -0.2) is 27.5 Å². The Labute approximate surface area is 157 Å². The van der Waals surface area contributed by atoms with E-state index in [0.717, 1.165) is 9.87 Å². The largest absolute Gasteiger partial charge is 0.465 e. The number of anilines is 1. The number of rotatable bonds is 6. The molecule has 134 valence electrons. The van der Waals surface area contributed by atoms with Crippen LogP contribution in [0.2, 0.25) is 10.0 Å². The van der Waals surface area contributed by atoms with Gasteiger partial charge in [-0.15, -0.1) is 0 Å². The minimum absolute atomic E-state index is 0.0402. The molecule has 0 aliphatic heterocycles. The van der Waals surface area contributed by atoms with Crippen molar-refractivity contribution in [1.82, 2.24) is 0 Å². The molecule has 25 heavy (non-hydrogen) atoms. The van der Waals surface area contributed by atoms with Crippen molar-refractivity contribution >= 4 is 44.9 Å². The van der Waals surface area contributed by atoms with E-state index in [1.165, 1.54) is 24.3 Å². The fourth-order valence-electron chi connectivity index (χ4n) is 2.15. The summed E-state index contributed by atoms with van der Waals surface area (Å²) in [6.07, 6.45) is 0. The van der Waals surface area contributed by atoms with Crippen LogP contribution in [0.5, 0.6) is 0 Å². The summed E-state index contributed by atoms with van der Waals surface area (Å²) in [5.41, 5.74) is 1.03. The number of ether oxygens (including phenoxy) is 1. The predicted octanol–water partition coefficient (Wildman–Crippen LogP) is 4.06. The van der Waals surface area contributed by atoms with E-state index in [2.05, 4.69) is 0 Å². The van der Waals surface area contributed by atoms with E-state index in [1.54, 1.807) is 25.1 Å². The molecule has 0 spiro atoms. The van der Waals surface area contributed by atoms with Gasteiger partial charge in [0, 0.05) is 0 Å². The summed E-state index contributed by atoms with van der Waals surface area (Å²) >= 11 is 12.2. The molecule has 0 N–H and O–H groups in total. The number of benzene rings is 2. The van der Waals surface area contributed by atoms with Gasteiger partial charge in [-0.25, -0.2) is 8.42 Å². The lowest BCUT2D eigenvalue weighted by atomic mass is 10.2. The molecule has 0 unspecified atom stereocenters. The first kappa shape index (κ1) is 19.6. The highest BCUT2D eigenvalue weighted by Gasteiger charge is 2.29. The number of hydrogen-bond donors (Lipinski definition) is 0. The second-order valence-electron chi connectivity index (χ2n) is 5.20. The second-order valence-corrected chi connectivity index (χ2v) is 7.85. The highest BCUT2D eigenvalue weighted by atomic mass is 35.5. The van der Waals surface area contributed by atoms with E-state index >= 15 is 0 Å². The van der Waals surface area contributed by atoms with E-state index in [9.17, 15) is 13.2 Å². The van der Waals surface area contributed by atoms with Gasteiger partial charge in [-0.3, -0.25) is 9.10 Å². The molecule has 2 aromatic rings. The molecule has 0 amide bonds. The summed E-state index contributed by atoms with van der Waals surface area (Å²) < 4.78 is 31.9. The van der Waals surface area contributed by atoms with Gasteiger partial charge >= 0.3 is 5.97 Å². The minimum atomic E-state index is -4.03. The van der Waals surface area contributed by atoms with Crippen LogP contribution in [0.15, 0.2) is 47.4 Å². The fourth-order valence-corrected chi connectivity index (χ4v) is 4.01. The number of hydrogen-bond acceptors (Lipinski definition) is 4. The maximum Gasteiger partial charge on any atom is 0.326 e. The summed E-state index contributed by atoms with van der Waals surface area (Å²) in [4.78, 5) is 12.0. The number of carbonyl (C=O) groups is 1. The average molecular weight is 402 g/mol. The zero-order valence-corrected chi connectivity index (χ0v) is 16.0. The van der Waals surface area contributed by atoms with Gasteiger partial charge in [0.15, 0.2) is 0 Å². The van der Waals surface area contributed by atoms with Gasteiger partial charge in [0.05, 0.1) is 27.2 Å². The molecule has 0 bridgehead atoms. The Morgan fingerprint density at radius 1 is 1.12 bits per heavy atom. The van der Waals surface area contributed by atoms with Crippen LogP contribution in [0, 0.1) is 6.92 Å². The minimum Gasteiger partial charge on any atom is -0.465 e. The first-order valence-corrected chi connectivity index (χ1v) is 9.66. The molecule has 2 rings (SSSR count). The van der Waals surface area contributed by atoms with Crippen molar-refractivity contribution in [3.05, 3.63) is 58.1 Å². The Morgan fingerprint density at radius 3 is 2.36 bits per heavy atom. The van der Waals surface area contributed by atoms with Gasteiger partial charge in [0.2, 0.25) is 0 Å². The molecule has 0 fully saturated rings. The topological polar surface area (TPSA) is 63.7 Å². The van der Waals surface area contributed by atoms with Crippen LogP contribution in [0.4, 0.5) is 5.69 Å². The fraction of sp³-hybridized carbons (Fsp3) is 0.235. The van der Waals surface area contributed by atoms with E-state index < -0.39 is 22.5 Å². The Bertz CT molecular complexity index is 867. The predicted molar refractivity (Wildman–Crippen MR) is 98.8 cm³/mol. The van der Waals surface area contributed by atoms with Crippen LogP contribution < -0.4 is 4.31 Å². The Hall–Kier alpha value is -1.76. The third-order valence-electron chi connectivity index (χ3n) is 3.39. The zero-order chi connectivity index (χ0) is 18.6. The van der Waals surface area contributed by atoms with Crippen molar-refractivity contribution in [1.29, 1.82) is 0 Å². The SMILES string of the molecule is CCOC(=O)CN(c1cccc(Cl)c1Cl)S(=O)(=O)c1ccc(C)cc1. The van der Waals surface area contributed by atoms with Crippen LogP contribution in [-0.2, 0) is 19.6 Å². The summed E-state index contributed by atoms with van der Waals surface area (Å²) in [6.45, 7) is 3.12. The lowest BCUT2D eigenvalue weighted by molar-refractivity contribution is -0.141. The van der Waals surface area contributed by atoms with Crippen LogP contribution in [0.1, 0.15) is 12.5 Å². The van der Waals surface area contributed by atoms with E-state index in [-0.39, 0.29) is 27.2 Å². The first-order chi connectivity index (χ1) is 11.8. The molecule has 0 atom stereocenters. The van der Waals surface area contributed by atoms with Crippen molar-refractivity contribution in [2.24, 2.45) is 0 Å². The smallest absolute Gasteiger partial charge is 0.326 e. The van der Waals surface area contributed by atoms with Gasteiger partial charge in [-0.2, -0.15) is 0 Å². The highest BCUT2D eigenvalue weighted by molar-refractivity contribution is 7.92. The molecular weight excluding hydrogens is 385 g/mol. The Morgan fingerprint density at radius 2 is 1.76 bits per heavy atom. The number of carbonyl (C=O) groups excluding carboxylic acids is 1. The molecule has 0 saturated carbocycles. The highest BCUT2D eigenvalue weighted by Crippen LogP contribution is 2.35.